The average Bonchev–Trinajstić information content (AvgIpc) is 2.35. The van der Waals surface area contributed by atoms with Crippen molar-refractivity contribution in [2.24, 2.45) is 0 Å². The van der Waals surface area contributed by atoms with Gasteiger partial charge in [0.25, 0.3) is 0 Å². The molecule has 0 aromatic rings. The Balaban J connectivity index is 0. The topological polar surface area (TPSA) is 127 Å². The molecular weight excluding hydrogens is 272 g/mol. The molecule has 8 heteroatoms. The summed E-state index contributed by atoms with van der Waals surface area (Å²) in [5, 5.41) is 15.6. The predicted molar refractivity (Wildman–Crippen MR) is 66.8 cm³/mol. The summed E-state index contributed by atoms with van der Waals surface area (Å²) in [6.07, 6.45) is 3.20. The first-order valence-corrected chi connectivity index (χ1v) is 5.48. The molecular formula is C12H16O8. The summed E-state index contributed by atoms with van der Waals surface area (Å²) in [6.45, 7) is 3.98. The van der Waals surface area contributed by atoms with Gasteiger partial charge in [-0.3, -0.25) is 0 Å². The lowest BCUT2D eigenvalue weighted by atomic mass is 10.5. The van der Waals surface area contributed by atoms with Crippen molar-refractivity contribution in [2.45, 2.75) is 13.8 Å². The van der Waals surface area contributed by atoms with Gasteiger partial charge in [-0.05, 0) is 13.8 Å². The monoisotopic (exact) mass is 288 g/mol. The van der Waals surface area contributed by atoms with E-state index < -0.39 is 23.9 Å². The first-order valence-electron chi connectivity index (χ1n) is 5.48. The number of ether oxygens (including phenoxy) is 2. The van der Waals surface area contributed by atoms with E-state index in [-0.39, 0.29) is 0 Å². The predicted octanol–water partition coefficient (Wildman–Crippen LogP) is 0.381. The van der Waals surface area contributed by atoms with Gasteiger partial charge in [0.15, 0.2) is 0 Å². The van der Waals surface area contributed by atoms with E-state index in [1.54, 1.807) is 13.8 Å². The molecule has 0 aliphatic heterocycles. The Morgan fingerprint density at radius 3 is 1.25 bits per heavy atom. The average molecular weight is 288 g/mol. The van der Waals surface area contributed by atoms with Gasteiger partial charge < -0.3 is 19.7 Å². The lowest BCUT2D eigenvalue weighted by Gasteiger charge is -1.95. The second-order valence-electron chi connectivity index (χ2n) is 2.85. The Morgan fingerprint density at radius 2 is 1.05 bits per heavy atom. The van der Waals surface area contributed by atoms with E-state index in [1.807, 2.05) is 0 Å². The third-order valence-electron chi connectivity index (χ3n) is 1.30. The van der Waals surface area contributed by atoms with Crippen LogP contribution < -0.4 is 0 Å². The van der Waals surface area contributed by atoms with Crippen LogP contribution in [-0.4, -0.2) is 47.3 Å². The van der Waals surface area contributed by atoms with Gasteiger partial charge in [0.1, 0.15) is 0 Å². The molecule has 0 spiro atoms. The molecule has 0 saturated carbocycles. The van der Waals surface area contributed by atoms with Crippen LogP contribution in [-0.2, 0) is 28.7 Å². The van der Waals surface area contributed by atoms with Crippen LogP contribution in [0.5, 0.6) is 0 Å². The molecule has 0 fully saturated rings. The zero-order valence-corrected chi connectivity index (χ0v) is 11.1. The van der Waals surface area contributed by atoms with Gasteiger partial charge in [0, 0.05) is 24.3 Å². The second-order valence-corrected chi connectivity index (χ2v) is 2.85. The van der Waals surface area contributed by atoms with E-state index in [0.717, 1.165) is 12.2 Å². The summed E-state index contributed by atoms with van der Waals surface area (Å²) in [6, 6.07) is 0. The molecule has 0 aliphatic carbocycles. The maximum Gasteiger partial charge on any atom is 0.330 e. The maximum absolute atomic E-state index is 10.6. The first-order chi connectivity index (χ1) is 9.33. The van der Waals surface area contributed by atoms with Crippen LogP contribution in [0.2, 0.25) is 0 Å². The number of carbonyl (C=O) groups is 4. The zero-order valence-electron chi connectivity index (χ0n) is 11.1. The molecule has 112 valence electrons. The fraction of sp³-hybridized carbons (Fsp3) is 0.333. The standard InChI is InChI=1S/C8H12O4.C4H4O4/c1-3-11-7(9)5-6-8(10)12-4-2;5-3(6)1-2-4(7)8/h5-6H,3-4H2,1-2H3;1-2H,(H,5,6)(H,7,8). The van der Waals surface area contributed by atoms with E-state index in [4.69, 9.17) is 10.2 Å². The molecule has 0 aliphatic rings. The number of carboxylic acid groups (broad SMARTS) is 2. The highest BCUT2D eigenvalue weighted by Crippen LogP contribution is 1.84. The number of carbonyl (C=O) groups excluding carboxylic acids is 2. The van der Waals surface area contributed by atoms with Crippen LogP contribution in [0.4, 0.5) is 0 Å². The van der Waals surface area contributed by atoms with Gasteiger partial charge in [-0.25, -0.2) is 19.2 Å². The summed E-state index contributed by atoms with van der Waals surface area (Å²) in [5.74, 6) is -3.59. The van der Waals surface area contributed by atoms with Gasteiger partial charge in [0.05, 0.1) is 13.2 Å². The van der Waals surface area contributed by atoms with Gasteiger partial charge in [-0.2, -0.15) is 0 Å². The molecule has 0 aromatic heterocycles. The van der Waals surface area contributed by atoms with E-state index in [1.165, 1.54) is 0 Å². The van der Waals surface area contributed by atoms with Gasteiger partial charge >= 0.3 is 23.9 Å². The summed E-state index contributed by atoms with van der Waals surface area (Å²) in [4.78, 5) is 40.4. The normalized spacial score (nSPS) is 9.70. The van der Waals surface area contributed by atoms with Gasteiger partial charge in [-0.15, -0.1) is 0 Å². The van der Waals surface area contributed by atoms with Crippen molar-refractivity contribution in [1.82, 2.24) is 0 Å². The van der Waals surface area contributed by atoms with Crippen LogP contribution in [0.15, 0.2) is 24.3 Å². The Morgan fingerprint density at radius 1 is 0.750 bits per heavy atom. The number of rotatable bonds is 6. The third-order valence-corrected chi connectivity index (χ3v) is 1.30. The van der Waals surface area contributed by atoms with Crippen LogP contribution in [0.25, 0.3) is 0 Å². The molecule has 0 atom stereocenters. The molecule has 0 amide bonds. The first kappa shape index (κ1) is 19.7. The van der Waals surface area contributed by atoms with Crippen molar-refractivity contribution in [2.75, 3.05) is 13.2 Å². The van der Waals surface area contributed by atoms with Crippen molar-refractivity contribution >= 4 is 23.9 Å². The zero-order chi connectivity index (χ0) is 16.0. The van der Waals surface area contributed by atoms with Crippen molar-refractivity contribution in [1.29, 1.82) is 0 Å². The highest BCUT2D eigenvalue weighted by atomic mass is 16.5. The summed E-state index contributed by atoms with van der Waals surface area (Å²) >= 11 is 0. The van der Waals surface area contributed by atoms with Crippen molar-refractivity contribution in [3.63, 3.8) is 0 Å². The smallest absolute Gasteiger partial charge is 0.330 e. The van der Waals surface area contributed by atoms with E-state index in [9.17, 15) is 19.2 Å². The summed E-state index contributed by atoms with van der Waals surface area (Å²) in [7, 11) is 0. The van der Waals surface area contributed by atoms with Crippen LogP contribution in [0, 0.1) is 0 Å². The number of hydrogen-bond acceptors (Lipinski definition) is 6. The lowest BCUT2D eigenvalue weighted by Crippen LogP contribution is -2.03. The lowest BCUT2D eigenvalue weighted by molar-refractivity contribution is -0.140. The Kier molecular flexibility index (Phi) is 12.6. The minimum absolute atomic E-state index is 0.298. The molecule has 20 heavy (non-hydrogen) atoms. The molecule has 0 radical (unpaired) electrons. The minimum atomic E-state index is -1.26. The summed E-state index contributed by atoms with van der Waals surface area (Å²) in [5.41, 5.74) is 0. The minimum Gasteiger partial charge on any atom is -0.478 e. The number of hydrogen-bond donors (Lipinski definition) is 2. The van der Waals surface area contributed by atoms with Crippen LogP contribution in [0.1, 0.15) is 13.8 Å². The number of esters is 2. The fourth-order valence-electron chi connectivity index (χ4n) is 0.659. The third kappa shape index (κ3) is 17.7. The molecule has 2 N–H and O–H groups in total. The Bertz CT molecular complexity index is 358. The van der Waals surface area contributed by atoms with Crippen molar-refractivity contribution < 1.29 is 38.9 Å². The fourth-order valence-corrected chi connectivity index (χ4v) is 0.659. The molecule has 0 unspecified atom stereocenters. The quantitative estimate of drug-likeness (QED) is 0.530. The Labute approximate surface area is 115 Å². The van der Waals surface area contributed by atoms with Crippen molar-refractivity contribution in [3.8, 4) is 0 Å². The Hall–Kier alpha value is -2.64. The van der Waals surface area contributed by atoms with Crippen molar-refractivity contribution in [3.05, 3.63) is 24.3 Å². The molecule has 0 saturated heterocycles. The molecule has 0 heterocycles. The SMILES string of the molecule is CCOC(=O)C=CC(=O)OCC.O=C(O)C=CC(=O)O. The number of aliphatic carboxylic acids is 2. The highest BCUT2D eigenvalue weighted by molar-refractivity contribution is 5.91. The van der Waals surface area contributed by atoms with E-state index in [0.29, 0.717) is 25.4 Å². The molecule has 0 bridgehead atoms. The highest BCUT2D eigenvalue weighted by Gasteiger charge is 1.97. The largest absolute Gasteiger partial charge is 0.478 e. The second kappa shape index (κ2) is 12.8. The number of carboxylic acids is 2. The molecule has 0 aromatic carbocycles. The van der Waals surface area contributed by atoms with Gasteiger partial charge in [-0.1, -0.05) is 0 Å². The maximum atomic E-state index is 10.6. The van der Waals surface area contributed by atoms with E-state index >= 15 is 0 Å². The van der Waals surface area contributed by atoms with Crippen LogP contribution >= 0.6 is 0 Å². The van der Waals surface area contributed by atoms with Crippen LogP contribution in [0.3, 0.4) is 0 Å². The summed E-state index contributed by atoms with van der Waals surface area (Å²) < 4.78 is 9.07. The molecule has 0 rings (SSSR count). The van der Waals surface area contributed by atoms with E-state index in [2.05, 4.69) is 9.47 Å². The van der Waals surface area contributed by atoms with Gasteiger partial charge in [0.2, 0.25) is 0 Å². The molecule has 8 nitrogen and oxygen atoms in total.